The average molecular weight is 258 g/mol. The molecule has 0 spiro atoms. The highest BCUT2D eigenvalue weighted by molar-refractivity contribution is 7.88. The molecule has 5 heteroatoms. The number of sulfonamides is 1. The molecule has 1 aliphatic heterocycles. The topological polar surface area (TPSA) is 40.6 Å². The molecule has 2 aliphatic rings. The van der Waals surface area contributed by atoms with E-state index in [1.807, 2.05) is 0 Å². The zero-order valence-electron chi connectivity index (χ0n) is 10.5. The lowest BCUT2D eigenvalue weighted by Gasteiger charge is -2.35. The maximum absolute atomic E-state index is 11.4. The SMILES string of the molecule is CS(=O)(=O)N1CCN(C[C@H]2CC=CCC2)CC1. The third-order valence-corrected chi connectivity index (χ3v) is 5.00. The van der Waals surface area contributed by atoms with Crippen molar-refractivity contribution in [2.24, 2.45) is 5.92 Å². The average Bonchev–Trinajstić information content (AvgIpc) is 2.30. The summed E-state index contributed by atoms with van der Waals surface area (Å²) in [7, 11) is -2.99. The van der Waals surface area contributed by atoms with Gasteiger partial charge in [0.2, 0.25) is 10.0 Å². The zero-order valence-corrected chi connectivity index (χ0v) is 11.3. The fourth-order valence-corrected chi connectivity index (χ4v) is 3.46. The number of rotatable bonds is 3. The molecule has 0 N–H and O–H groups in total. The molecule has 1 aliphatic carbocycles. The van der Waals surface area contributed by atoms with Crippen LogP contribution >= 0.6 is 0 Å². The summed E-state index contributed by atoms with van der Waals surface area (Å²) in [6.45, 7) is 4.20. The highest BCUT2D eigenvalue weighted by atomic mass is 32.2. The molecular weight excluding hydrogens is 236 g/mol. The molecule has 1 fully saturated rings. The molecule has 0 aromatic heterocycles. The Morgan fingerprint density at radius 1 is 1.18 bits per heavy atom. The molecule has 0 amide bonds. The lowest BCUT2D eigenvalue weighted by atomic mass is 9.94. The van der Waals surface area contributed by atoms with Crippen molar-refractivity contribution in [3.8, 4) is 0 Å². The van der Waals surface area contributed by atoms with Gasteiger partial charge in [-0.25, -0.2) is 8.42 Å². The first-order chi connectivity index (χ1) is 8.05. The molecule has 0 radical (unpaired) electrons. The van der Waals surface area contributed by atoms with Crippen LogP contribution in [0, 0.1) is 5.92 Å². The summed E-state index contributed by atoms with van der Waals surface area (Å²) in [4.78, 5) is 2.41. The minimum atomic E-state index is -2.99. The van der Waals surface area contributed by atoms with E-state index < -0.39 is 10.0 Å². The molecule has 0 saturated carbocycles. The van der Waals surface area contributed by atoms with E-state index in [0.29, 0.717) is 13.1 Å². The highest BCUT2D eigenvalue weighted by Crippen LogP contribution is 2.20. The number of hydrogen-bond donors (Lipinski definition) is 0. The van der Waals surface area contributed by atoms with Crippen LogP contribution < -0.4 is 0 Å². The normalized spacial score (nSPS) is 28.4. The van der Waals surface area contributed by atoms with Crippen LogP contribution in [-0.2, 0) is 10.0 Å². The van der Waals surface area contributed by atoms with Crippen LogP contribution in [-0.4, -0.2) is 56.6 Å². The number of piperazine rings is 1. The summed E-state index contributed by atoms with van der Waals surface area (Å²) in [5, 5.41) is 0. The lowest BCUT2D eigenvalue weighted by molar-refractivity contribution is 0.161. The van der Waals surface area contributed by atoms with E-state index in [1.165, 1.54) is 25.5 Å². The molecular formula is C12H22N2O2S. The van der Waals surface area contributed by atoms with E-state index in [4.69, 9.17) is 0 Å². The van der Waals surface area contributed by atoms with Crippen molar-refractivity contribution < 1.29 is 8.42 Å². The first-order valence-electron chi connectivity index (χ1n) is 6.38. The number of hydrogen-bond acceptors (Lipinski definition) is 3. The van der Waals surface area contributed by atoms with Gasteiger partial charge in [-0.05, 0) is 25.2 Å². The van der Waals surface area contributed by atoms with Crippen molar-refractivity contribution >= 4 is 10.0 Å². The Balaban J connectivity index is 1.77. The van der Waals surface area contributed by atoms with Crippen LogP contribution in [0.1, 0.15) is 19.3 Å². The van der Waals surface area contributed by atoms with Gasteiger partial charge in [0, 0.05) is 32.7 Å². The van der Waals surface area contributed by atoms with Crippen molar-refractivity contribution in [2.75, 3.05) is 39.0 Å². The Morgan fingerprint density at radius 2 is 1.88 bits per heavy atom. The van der Waals surface area contributed by atoms with E-state index >= 15 is 0 Å². The summed E-state index contributed by atoms with van der Waals surface area (Å²) in [5.74, 6) is 0.768. The fourth-order valence-electron chi connectivity index (χ4n) is 2.63. The van der Waals surface area contributed by atoms with Crippen molar-refractivity contribution in [1.82, 2.24) is 9.21 Å². The molecule has 1 heterocycles. The number of nitrogens with zero attached hydrogens (tertiary/aromatic N) is 2. The largest absolute Gasteiger partial charge is 0.300 e. The third-order valence-electron chi connectivity index (χ3n) is 3.69. The Labute approximate surface area is 104 Å². The second kappa shape index (κ2) is 5.50. The minimum Gasteiger partial charge on any atom is -0.300 e. The van der Waals surface area contributed by atoms with Gasteiger partial charge in [0.1, 0.15) is 0 Å². The van der Waals surface area contributed by atoms with Crippen LogP contribution in [0.5, 0.6) is 0 Å². The number of allylic oxidation sites excluding steroid dienone is 2. The molecule has 0 aromatic rings. The van der Waals surface area contributed by atoms with Crippen molar-refractivity contribution in [2.45, 2.75) is 19.3 Å². The predicted octanol–water partition coefficient (Wildman–Crippen LogP) is 0.920. The molecule has 17 heavy (non-hydrogen) atoms. The summed E-state index contributed by atoms with van der Waals surface area (Å²) in [5.41, 5.74) is 0. The second-order valence-corrected chi connectivity index (χ2v) is 7.10. The van der Waals surface area contributed by atoms with Gasteiger partial charge < -0.3 is 4.90 Å². The minimum absolute atomic E-state index is 0.654. The van der Waals surface area contributed by atoms with Crippen molar-refractivity contribution in [3.63, 3.8) is 0 Å². The van der Waals surface area contributed by atoms with Gasteiger partial charge in [-0.2, -0.15) is 4.31 Å². The Bertz CT molecular complexity index is 370. The quantitative estimate of drug-likeness (QED) is 0.707. The molecule has 2 rings (SSSR count). The summed E-state index contributed by atoms with van der Waals surface area (Å²) in [6, 6.07) is 0. The van der Waals surface area contributed by atoms with Gasteiger partial charge in [0.15, 0.2) is 0 Å². The maximum Gasteiger partial charge on any atom is 0.211 e. The van der Waals surface area contributed by atoms with Crippen LogP contribution in [0.4, 0.5) is 0 Å². The first kappa shape index (κ1) is 13.1. The molecule has 4 nitrogen and oxygen atoms in total. The highest BCUT2D eigenvalue weighted by Gasteiger charge is 2.24. The van der Waals surface area contributed by atoms with Gasteiger partial charge in [-0.1, -0.05) is 12.2 Å². The van der Waals surface area contributed by atoms with Gasteiger partial charge >= 0.3 is 0 Å². The van der Waals surface area contributed by atoms with E-state index in [-0.39, 0.29) is 0 Å². The molecule has 0 aromatic carbocycles. The van der Waals surface area contributed by atoms with Crippen LogP contribution in [0.15, 0.2) is 12.2 Å². The van der Waals surface area contributed by atoms with Gasteiger partial charge in [-0.15, -0.1) is 0 Å². The monoisotopic (exact) mass is 258 g/mol. The van der Waals surface area contributed by atoms with E-state index in [2.05, 4.69) is 17.1 Å². The molecule has 1 atom stereocenters. The summed E-state index contributed by atoms with van der Waals surface area (Å²) < 4.78 is 24.4. The lowest BCUT2D eigenvalue weighted by Crippen LogP contribution is -2.49. The van der Waals surface area contributed by atoms with Crippen LogP contribution in [0.3, 0.4) is 0 Å². The molecule has 0 unspecified atom stereocenters. The Hall–Kier alpha value is -0.390. The Morgan fingerprint density at radius 3 is 2.41 bits per heavy atom. The van der Waals surface area contributed by atoms with E-state index in [1.54, 1.807) is 4.31 Å². The van der Waals surface area contributed by atoms with Crippen molar-refractivity contribution in [3.05, 3.63) is 12.2 Å². The van der Waals surface area contributed by atoms with E-state index in [9.17, 15) is 8.42 Å². The summed E-state index contributed by atoms with van der Waals surface area (Å²) >= 11 is 0. The summed E-state index contributed by atoms with van der Waals surface area (Å²) in [6.07, 6.45) is 9.51. The van der Waals surface area contributed by atoms with Gasteiger partial charge in [-0.3, -0.25) is 0 Å². The molecule has 1 saturated heterocycles. The fraction of sp³-hybridized carbons (Fsp3) is 0.833. The standard InChI is InChI=1S/C12H22N2O2S/c1-17(15,16)14-9-7-13(8-10-14)11-12-5-3-2-4-6-12/h2-3,12H,4-11H2,1H3/t12-/m0/s1. The first-order valence-corrected chi connectivity index (χ1v) is 8.23. The van der Waals surface area contributed by atoms with Crippen LogP contribution in [0.25, 0.3) is 0 Å². The molecule has 0 bridgehead atoms. The van der Waals surface area contributed by atoms with E-state index in [0.717, 1.165) is 25.6 Å². The zero-order chi connectivity index (χ0) is 12.3. The smallest absolute Gasteiger partial charge is 0.211 e. The van der Waals surface area contributed by atoms with Crippen molar-refractivity contribution in [1.29, 1.82) is 0 Å². The second-order valence-electron chi connectivity index (χ2n) is 5.11. The van der Waals surface area contributed by atoms with Gasteiger partial charge in [0.25, 0.3) is 0 Å². The Kier molecular flexibility index (Phi) is 4.22. The van der Waals surface area contributed by atoms with Crippen LogP contribution in [0.2, 0.25) is 0 Å². The third kappa shape index (κ3) is 3.79. The molecule has 98 valence electrons. The predicted molar refractivity (Wildman–Crippen MR) is 69.3 cm³/mol. The maximum atomic E-state index is 11.4. The van der Waals surface area contributed by atoms with Gasteiger partial charge in [0.05, 0.1) is 6.26 Å².